The second-order valence-corrected chi connectivity index (χ2v) is 7.18. The number of hydrogen-bond donors (Lipinski definition) is 0. The minimum Gasteiger partial charge on any atom is -0.420 e. The fourth-order valence-electron chi connectivity index (χ4n) is 2.80. The van der Waals surface area contributed by atoms with E-state index in [1.165, 1.54) is 0 Å². The van der Waals surface area contributed by atoms with Crippen molar-refractivity contribution in [1.29, 1.82) is 0 Å². The Kier molecular flexibility index (Phi) is 3.94. The molecule has 0 fully saturated rings. The quantitative estimate of drug-likeness (QED) is 0.766. The predicted molar refractivity (Wildman–Crippen MR) is 90.1 cm³/mol. The van der Waals surface area contributed by atoms with Gasteiger partial charge in [0.25, 0.3) is 0 Å². The summed E-state index contributed by atoms with van der Waals surface area (Å²) in [7, 11) is -3.36. The molecule has 3 rings (SSSR count). The van der Waals surface area contributed by atoms with Crippen LogP contribution in [0.25, 0.3) is 11.3 Å². The van der Waals surface area contributed by atoms with Crippen LogP contribution in [0.1, 0.15) is 30.5 Å². The second kappa shape index (κ2) is 5.75. The van der Waals surface area contributed by atoms with Crippen molar-refractivity contribution in [3.8, 4) is 0 Å². The van der Waals surface area contributed by atoms with Crippen molar-refractivity contribution >= 4 is 24.2 Å². The van der Waals surface area contributed by atoms with E-state index < -0.39 is 7.60 Å². The van der Waals surface area contributed by atoms with Gasteiger partial charge in [-0.2, -0.15) is 0 Å². The summed E-state index contributed by atoms with van der Waals surface area (Å²) in [4.78, 5) is 0. The Morgan fingerprint density at radius 2 is 1.77 bits per heavy atom. The first-order chi connectivity index (χ1) is 10.6. The fourth-order valence-corrected chi connectivity index (χ4v) is 4.94. The van der Waals surface area contributed by atoms with Gasteiger partial charge >= 0.3 is 7.60 Å². The van der Waals surface area contributed by atoms with Crippen molar-refractivity contribution in [2.24, 2.45) is 0 Å². The van der Waals surface area contributed by atoms with Crippen molar-refractivity contribution in [3.63, 3.8) is 0 Å². The summed E-state index contributed by atoms with van der Waals surface area (Å²) in [5.41, 5.74) is 3.77. The summed E-state index contributed by atoms with van der Waals surface area (Å²) in [6, 6.07) is 15.6. The standard InChI is InChI=1S/C18H19O3P/c1-4-20-22(19)18-13(2)9-8-12-16(18)14(3)17(21-22)15-10-6-5-7-11-15/h5-12H,4H2,1-3H3. The minimum atomic E-state index is -3.36. The smallest absolute Gasteiger partial charge is 0.411 e. The molecule has 0 saturated carbocycles. The maximum Gasteiger partial charge on any atom is 0.411 e. The second-order valence-electron chi connectivity index (χ2n) is 5.30. The molecule has 0 N–H and O–H groups in total. The number of rotatable bonds is 3. The van der Waals surface area contributed by atoms with Gasteiger partial charge in [-0.05, 0) is 31.9 Å². The van der Waals surface area contributed by atoms with Crippen molar-refractivity contribution in [3.05, 3.63) is 65.2 Å². The largest absolute Gasteiger partial charge is 0.420 e. The average Bonchev–Trinajstić information content (AvgIpc) is 2.52. The van der Waals surface area contributed by atoms with Crippen molar-refractivity contribution in [2.75, 3.05) is 6.61 Å². The average molecular weight is 314 g/mol. The van der Waals surface area contributed by atoms with Crippen LogP contribution in [0.15, 0.2) is 48.5 Å². The van der Waals surface area contributed by atoms with Gasteiger partial charge < -0.3 is 4.52 Å². The Morgan fingerprint density at radius 1 is 1.05 bits per heavy atom. The van der Waals surface area contributed by atoms with Gasteiger partial charge in [0.1, 0.15) is 5.76 Å². The van der Waals surface area contributed by atoms with Crippen LogP contribution >= 0.6 is 7.60 Å². The zero-order valence-corrected chi connectivity index (χ0v) is 13.9. The normalized spacial score (nSPS) is 20.5. The first kappa shape index (κ1) is 15.1. The molecule has 1 aliphatic heterocycles. The van der Waals surface area contributed by atoms with Crippen LogP contribution in [0, 0.1) is 6.92 Å². The van der Waals surface area contributed by atoms with Crippen LogP contribution in [0.2, 0.25) is 0 Å². The molecule has 4 heteroatoms. The molecule has 22 heavy (non-hydrogen) atoms. The van der Waals surface area contributed by atoms with Crippen LogP contribution in [0.4, 0.5) is 0 Å². The van der Waals surface area contributed by atoms with Crippen molar-refractivity contribution in [1.82, 2.24) is 0 Å². The molecule has 0 aromatic heterocycles. The van der Waals surface area contributed by atoms with Crippen LogP contribution in [-0.2, 0) is 13.6 Å². The Balaban J connectivity index is 2.26. The Hall–Kier alpha value is -1.83. The van der Waals surface area contributed by atoms with E-state index in [4.69, 9.17) is 9.05 Å². The fraction of sp³-hybridized carbons (Fsp3) is 0.222. The van der Waals surface area contributed by atoms with E-state index in [0.29, 0.717) is 17.7 Å². The van der Waals surface area contributed by atoms with Crippen molar-refractivity contribution < 1.29 is 13.6 Å². The molecule has 0 saturated heterocycles. The van der Waals surface area contributed by atoms with E-state index in [2.05, 4.69) is 0 Å². The van der Waals surface area contributed by atoms with Crippen molar-refractivity contribution in [2.45, 2.75) is 20.8 Å². The summed E-state index contributed by atoms with van der Waals surface area (Å²) in [6.45, 7) is 6.10. The molecule has 1 unspecified atom stereocenters. The van der Waals surface area contributed by atoms with Gasteiger partial charge in [0, 0.05) is 11.1 Å². The third kappa shape index (κ3) is 2.41. The molecule has 1 aliphatic rings. The van der Waals surface area contributed by atoms with Crippen LogP contribution in [-0.4, -0.2) is 6.61 Å². The van der Waals surface area contributed by atoms with E-state index in [-0.39, 0.29) is 0 Å². The molecule has 2 aromatic carbocycles. The summed E-state index contributed by atoms with van der Waals surface area (Å²) in [6.07, 6.45) is 0. The number of benzene rings is 2. The van der Waals surface area contributed by atoms with E-state index in [0.717, 1.165) is 22.3 Å². The van der Waals surface area contributed by atoms with Crippen LogP contribution in [0.5, 0.6) is 0 Å². The number of fused-ring (bicyclic) bond motifs is 1. The third-order valence-electron chi connectivity index (χ3n) is 3.80. The lowest BCUT2D eigenvalue weighted by Crippen LogP contribution is -2.22. The Labute approximate surface area is 131 Å². The minimum absolute atomic E-state index is 0.339. The predicted octanol–water partition coefficient (Wildman–Crippen LogP) is 4.77. The maximum absolute atomic E-state index is 13.3. The molecule has 114 valence electrons. The molecule has 0 amide bonds. The first-order valence-corrected chi connectivity index (χ1v) is 8.92. The zero-order chi connectivity index (χ0) is 15.7. The highest BCUT2D eigenvalue weighted by Gasteiger charge is 2.39. The highest BCUT2D eigenvalue weighted by Crippen LogP contribution is 2.56. The molecule has 0 radical (unpaired) electrons. The molecule has 0 aliphatic carbocycles. The van der Waals surface area contributed by atoms with E-state index in [1.54, 1.807) is 0 Å². The molecule has 3 nitrogen and oxygen atoms in total. The maximum atomic E-state index is 13.3. The molecule has 1 heterocycles. The number of aryl methyl sites for hydroxylation is 1. The van der Waals surface area contributed by atoms with Crippen LogP contribution < -0.4 is 5.30 Å². The Morgan fingerprint density at radius 3 is 2.45 bits per heavy atom. The molecule has 0 bridgehead atoms. The van der Waals surface area contributed by atoms with Gasteiger partial charge in [-0.15, -0.1) is 0 Å². The first-order valence-electron chi connectivity index (χ1n) is 7.38. The lowest BCUT2D eigenvalue weighted by molar-refractivity contribution is 0.279. The SMILES string of the molecule is CCOP1(=O)OC(c2ccccc2)=C(C)c2cccc(C)c21. The lowest BCUT2D eigenvalue weighted by Gasteiger charge is -2.30. The van der Waals surface area contributed by atoms with Gasteiger partial charge in [-0.3, -0.25) is 4.52 Å². The highest BCUT2D eigenvalue weighted by atomic mass is 31.2. The van der Waals surface area contributed by atoms with Gasteiger partial charge in [0.2, 0.25) is 0 Å². The topological polar surface area (TPSA) is 35.5 Å². The van der Waals surface area contributed by atoms with Gasteiger partial charge in [0.15, 0.2) is 0 Å². The van der Waals surface area contributed by atoms with Crippen LogP contribution in [0.3, 0.4) is 0 Å². The molecular formula is C18H19O3P. The highest BCUT2D eigenvalue weighted by molar-refractivity contribution is 7.63. The number of allylic oxidation sites excluding steroid dienone is 1. The van der Waals surface area contributed by atoms with Gasteiger partial charge in [-0.25, -0.2) is 4.57 Å². The lowest BCUT2D eigenvalue weighted by atomic mass is 10.0. The summed E-state index contributed by atoms with van der Waals surface area (Å²) in [5.74, 6) is 0.635. The molecule has 1 atom stereocenters. The summed E-state index contributed by atoms with van der Waals surface area (Å²) < 4.78 is 24.8. The zero-order valence-electron chi connectivity index (χ0n) is 13.0. The molecule has 2 aromatic rings. The van der Waals surface area contributed by atoms with E-state index >= 15 is 0 Å². The van der Waals surface area contributed by atoms with E-state index in [9.17, 15) is 4.57 Å². The van der Waals surface area contributed by atoms with Gasteiger partial charge in [-0.1, -0.05) is 48.5 Å². The van der Waals surface area contributed by atoms with Gasteiger partial charge in [0.05, 0.1) is 11.9 Å². The monoisotopic (exact) mass is 314 g/mol. The summed E-state index contributed by atoms with van der Waals surface area (Å²) >= 11 is 0. The molecule has 0 spiro atoms. The third-order valence-corrected chi connectivity index (χ3v) is 5.97. The Bertz CT molecular complexity index is 778. The van der Waals surface area contributed by atoms with E-state index in [1.807, 2.05) is 69.3 Å². The molecular weight excluding hydrogens is 295 g/mol. The number of hydrogen-bond acceptors (Lipinski definition) is 3. The summed E-state index contributed by atoms with van der Waals surface area (Å²) in [5, 5.41) is 0.689.